The largest absolute Gasteiger partial charge is 0.350 e. The Balaban J connectivity index is 0.00000162. The molecule has 1 saturated heterocycles. The lowest BCUT2D eigenvalue weighted by Crippen LogP contribution is -2.39. The molecule has 2 rings (SSSR count). The molecule has 0 saturated carbocycles. The Bertz CT molecular complexity index is 431. The molecule has 2 heterocycles. The van der Waals surface area contributed by atoms with Crippen LogP contribution in [0.15, 0.2) is 5.51 Å². The Labute approximate surface area is 126 Å². The summed E-state index contributed by atoms with van der Waals surface area (Å²) in [4.78, 5) is 16.6. The van der Waals surface area contributed by atoms with Gasteiger partial charge in [0.05, 0.1) is 30.3 Å². The Kier molecular flexibility index (Phi) is 7.13. The first-order valence-electron chi connectivity index (χ1n) is 5.26. The molecule has 0 aromatic carbocycles. The second-order valence-electron chi connectivity index (χ2n) is 4.07. The molecule has 0 radical (unpaired) electrons. The smallest absolute Gasteiger partial charge is 0.262 e. The van der Waals surface area contributed by atoms with E-state index in [9.17, 15) is 13.6 Å². The van der Waals surface area contributed by atoms with Gasteiger partial charge >= 0.3 is 0 Å². The lowest BCUT2D eigenvalue weighted by atomic mass is 10.2. The number of carbonyl (C=O) groups is 1. The van der Waals surface area contributed by atoms with Crippen molar-refractivity contribution in [2.24, 2.45) is 0 Å². The Morgan fingerprint density at radius 1 is 1.63 bits per heavy atom. The number of alkyl halides is 2. The molecule has 1 fully saturated rings. The number of nitrogens with zero attached hydrogens (tertiary/aromatic N) is 1. The summed E-state index contributed by atoms with van der Waals surface area (Å²) in [6, 6.07) is -0.793. The van der Waals surface area contributed by atoms with Crippen LogP contribution in [-0.4, -0.2) is 29.4 Å². The van der Waals surface area contributed by atoms with Crippen molar-refractivity contribution in [3.8, 4) is 0 Å². The van der Waals surface area contributed by atoms with Gasteiger partial charge in [-0.05, 0) is 6.92 Å². The molecule has 4 nitrogen and oxygen atoms in total. The Hall–Kier alpha value is -0.500. The fourth-order valence-electron chi connectivity index (χ4n) is 1.69. The third-order valence-electron chi connectivity index (χ3n) is 2.69. The zero-order valence-electron chi connectivity index (χ0n) is 10.1. The van der Waals surface area contributed by atoms with Gasteiger partial charge in [-0.25, -0.2) is 13.8 Å². The van der Waals surface area contributed by atoms with E-state index in [0.29, 0.717) is 6.54 Å². The fraction of sp³-hybridized carbons (Fsp3) is 0.600. The molecular weight excluding hydrogens is 319 g/mol. The molecule has 1 aliphatic heterocycles. The van der Waals surface area contributed by atoms with Gasteiger partial charge in [0.15, 0.2) is 0 Å². The van der Waals surface area contributed by atoms with E-state index in [1.54, 1.807) is 5.51 Å². The molecule has 1 amide bonds. The van der Waals surface area contributed by atoms with Gasteiger partial charge in [0.2, 0.25) is 5.91 Å². The van der Waals surface area contributed by atoms with Crippen LogP contribution >= 0.6 is 36.2 Å². The average Bonchev–Trinajstić information content (AvgIpc) is 2.81. The number of hydrogen-bond acceptors (Lipinski definition) is 4. The predicted octanol–water partition coefficient (Wildman–Crippen LogP) is 1.91. The summed E-state index contributed by atoms with van der Waals surface area (Å²) in [7, 11) is 0. The van der Waals surface area contributed by atoms with E-state index in [4.69, 9.17) is 0 Å². The Morgan fingerprint density at radius 2 is 2.32 bits per heavy atom. The highest BCUT2D eigenvalue weighted by Gasteiger charge is 2.42. The van der Waals surface area contributed by atoms with E-state index in [2.05, 4.69) is 15.6 Å². The highest BCUT2D eigenvalue weighted by molar-refractivity contribution is 7.09. The predicted molar refractivity (Wildman–Crippen MR) is 74.5 cm³/mol. The molecule has 1 atom stereocenters. The second-order valence-corrected chi connectivity index (χ2v) is 5.01. The fourth-order valence-corrected chi connectivity index (χ4v) is 2.40. The van der Waals surface area contributed by atoms with E-state index in [1.807, 2.05) is 6.92 Å². The zero-order valence-corrected chi connectivity index (χ0v) is 12.6. The van der Waals surface area contributed by atoms with Crippen LogP contribution < -0.4 is 10.6 Å². The summed E-state index contributed by atoms with van der Waals surface area (Å²) in [5.74, 6) is -3.16. The topological polar surface area (TPSA) is 54.0 Å². The summed E-state index contributed by atoms with van der Waals surface area (Å²) in [6.07, 6.45) is -0.430. The zero-order chi connectivity index (χ0) is 12.5. The first-order valence-corrected chi connectivity index (χ1v) is 6.14. The third kappa shape index (κ3) is 4.83. The second kappa shape index (κ2) is 7.33. The van der Waals surface area contributed by atoms with Crippen molar-refractivity contribution in [1.29, 1.82) is 0 Å². The molecule has 0 spiro atoms. The number of rotatable bonds is 3. The standard InChI is InChI=1S/C10H13F2N3OS.2ClH/c1-6-8(17-5-15-6)3-13-9(16)7-2-10(11,12)4-14-7;;/h5,7,14H,2-4H2,1H3,(H,13,16);2*1H. The molecule has 0 bridgehead atoms. The summed E-state index contributed by atoms with van der Waals surface area (Å²) >= 11 is 1.44. The average molecular weight is 334 g/mol. The normalized spacial score (nSPS) is 20.3. The minimum atomic E-state index is -2.78. The van der Waals surface area contributed by atoms with Crippen molar-refractivity contribution < 1.29 is 13.6 Å². The van der Waals surface area contributed by atoms with Crippen molar-refractivity contribution in [2.45, 2.75) is 31.9 Å². The number of nitrogens with one attached hydrogen (secondary N) is 2. The van der Waals surface area contributed by atoms with E-state index in [-0.39, 0.29) is 30.7 Å². The van der Waals surface area contributed by atoms with Gasteiger partial charge in [-0.1, -0.05) is 0 Å². The molecule has 0 aliphatic carbocycles. The number of aromatic nitrogens is 1. The van der Waals surface area contributed by atoms with Crippen molar-refractivity contribution in [3.63, 3.8) is 0 Å². The van der Waals surface area contributed by atoms with Gasteiger partial charge in [-0.3, -0.25) is 10.1 Å². The van der Waals surface area contributed by atoms with Gasteiger partial charge in [0.25, 0.3) is 5.92 Å². The van der Waals surface area contributed by atoms with Crippen LogP contribution in [-0.2, 0) is 11.3 Å². The molecule has 9 heteroatoms. The molecular formula is C10H15Cl2F2N3OS. The number of hydrogen-bond donors (Lipinski definition) is 2. The number of thiazole rings is 1. The molecule has 1 aromatic heterocycles. The van der Waals surface area contributed by atoms with Crippen molar-refractivity contribution in [1.82, 2.24) is 15.6 Å². The van der Waals surface area contributed by atoms with Gasteiger partial charge in [-0.15, -0.1) is 36.2 Å². The summed E-state index contributed by atoms with van der Waals surface area (Å²) in [5.41, 5.74) is 2.55. The molecule has 1 aliphatic rings. The lowest BCUT2D eigenvalue weighted by Gasteiger charge is -2.10. The molecule has 1 unspecified atom stereocenters. The maximum Gasteiger partial charge on any atom is 0.262 e. The molecule has 110 valence electrons. The molecule has 19 heavy (non-hydrogen) atoms. The van der Waals surface area contributed by atoms with Crippen LogP contribution in [0, 0.1) is 6.92 Å². The SMILES string of the molecule is Cc1ncsc1CNC(=O)C1CC(F)(F)CN1.Cl.Cl. The summed E-state index contributed by atoms with van der Waals surface area (Å²) in [6.45, 7) is 1.77. The maximum atomic E-state index is 12.9. The van der Waals surface area contributed by atoms with Crippen molar-refractivity contribution in [3.05, 3.63) is 16.1 Å². The quantitative estimate of drug-likeness (QED) is 0.888. The van der Waals surface area contributed by atoms with Crippen LogP contribution in [0.5, 0.6) is 0 Å². The van der Waals surface area contributed by atoms with Gasteiger partial charge < -0.3 is 5.32 Å². The monoisotopic (exact) mass is 333 g/mol. The van der Waals surface area contributed by atoms with E-state index < -0.39 is 24.9 Å². The van der Waals surface area contributed by atoms with Crippen LogP contribution in [0.1, 0.15) is 17.0 Å². The van der Waals surface area contributed by atoms with Gasteiger partial charge in [0.1, 0.15) is 0 Å². The highest BCUT2D eigenvalue weighted by Crippen LogP contribution is 2.25. The Morgan fingerprint density at radius 3 is 2.79 bits per heavy atom. The van der Waals surface area contributed by atoms with E-state index in [1.165, 1.54) is 11.3 Å². The minimum Gasteiger partial charge on any atom is -0.350 e. The van der Waals surface area contributed by atoms with Crippen molar-refractivity contribution >= 4 is 42.1 Å². The summed E-state index contributed by atoms with van der Waals surface area (Å²) in [5, 5.41) is 5.16. The maximum absolute atomic E-state index is 12.9. The van der Waals surface area contributed by atoms with Gasteiger partial charge in [-0.2, -0.15) is 0 Å². The van der Waals surface area contributed by atoms with Crippen LogP contribution in [0.3, 0.4) is 0 Å². The highest BCUT2D eigenvalue weighted by atomic mass is 35.5. The first kappa shape index (κ1) is 18.5. The van der Waals surface area contributed by atoms with Crippen molar-refractivity contribution in [2.75, 3.05) is 6.54 Å². The third-order valence-corrected chi connectivity index (χ3v) is 3.63. The van der Waals surface area contributed by atoms with Crippen LogP contribution in [0.2, 0.25) is 0 Å². The summed E-state index contributed by atoms with van der Waals surface area (Å²) < 4.78 is 25.8. The van der Waals surface area contributed by atoms with Gasteiger partial charge in [0, 0.05) is 11.3 Å². The first-order chi connectivity index (χ1) is 7.98. The molecule has 2 N–H and O–H groups in total. The van der Waals surface area contributed by atoms with E-state index >= 15 is 0 Å². The molecule has 1 aromatic rings. The number of amides is 1. The van der Waals surface area contributed by atoms with Crippen LogP contribution in [0.4, 0.5) is 8.78 Å². The van der Waals surface area contributed by atoms with Crippen LogP contribution in [0.25, 0.3) is 0 Å². The minimum absolute atomic E-state index is 0. The number of aryl methyl sites for hydroxylation is 1. The number of halogens is 4. The lowest BCUT2D eigenvalue weighted by molar-refractivity contribution is -0.123. The van der Waals surface area contributed by atoms with E-state index in [0.717, 1.165) is 10.6 Å². The number of carbonyl (C=O) groups excluding carboxylic acids is 1.